The van der Waals surface area contributed by atoms with Gasteiger partial charge in [-0.25, -0.2) is 4.79 Å². The summed E-state index contributed by atoms with van der Waals surface area (Å²) in [5.41, 5.74) is -1.68. The highest BCUT2D eigenvalue weighted by Crippen LogP contribution is 2.35. The fourth-order valence-electron chi connectivity index (χ4n) is 3.29. The van der Waals surface area contributed by atoms with Crippen molar-refractivity contribution in [3.63, 3.8) is 0 Å². The maximum Gasteiger partial charge on any atom is 0.416 e. The van der Waals surface area contributed by atoms with Gasteiger partial charge >= 0.3 is 18.2 Å². The van der Waals surface area contributed by atoms with E-state index in [0.29, 0.717) is 5.56 Å². The summed E-state index contributed by atoms with van der Waals surface area (Å²) in [6.07, 6.45) is -4.19. The summed E-state index contributed by atoms with van der Waals surface area (Å²) in [4.78, 5) is 36.1. The van der Waals surface area contributed by atoms with E-state index in [1.54, 1.807) is 30.3 Å². The van der Waals surface area contributed by atoms with Crippen LogP contribution in [-0.2, 0) is 18.0 Å². The molecule has 8 nitrogen and oxygen atoms in total. The number of hydrogen-bond donors (Lipinski definition) is 4. The molecular weight excluding hydrogens is 455 g/mol. The van der Waals surface area contributed by atoms with Crippen LogP contribution in [0.5, 0.6) is 5.75 Å². The number of rotatable bonds is 6. The first-order valence-electron chi connectivity index (χ1n) is 9.91. The van der Waals surface area contributed by atoms with Crippen LogP contribution in [0.15, 0.2) is 65.6 Å². The molecule has 1 atom stereocenters. The molecule has 0 radical (unpaired) electrons. The van der Waals surface area contributed by atoms with Gasteiger partial charge < -0.3 is 25.4 Å². The molecule has 2 aromatic carbocycles. The van der Waals surface area contributed by atoms with Crippen molar-refractivity contribution in [2.75, 3.05) is 5.32 Å². The number of nitrogens with one attached hydrogen (secondary N) is 2. The van der Waals surface area contributed by atoms with E-state index in [1.807, 2.05) is 0 Å². The summed E-state index contributed by atoms with van der Waals surface area (Å²) >= 11 is 0. The minimum absolute atomic E-state index is 0.101. The van der Waals surface area contributed by atoms with Crippen LogP contribution in [0.25, 0.3) is 11.1 Å². The number of carboxylic acid groups (broad SMARTS) is 1. The smallest absolute Gasteiger partial charge is 0.416 e. The number of aromatic nitrogens is 1. The molecule has 11 heteroatoms. The average molecular weight is 475 g/mol. The number of hydrogen-bond acceptors (Lipinski definition) is 4. The quantitative estimate of drug-likeness (QED) is 0.428. The van der Waals surface area contributed by atoms with Crippen LogP contribution in [-0.4, -0.2) is 26.8 Å². The first-order chi connectivity index (χ1) is 16.0. The molecular formula is C23H20F3N3O5. The highest BCUT2D eigenvalue weighted by molar-refractivity contribution is 5.91. The first-order valence-corrected chi connectivity index (χ1v) is 9.91. The number of nitrogens with zero attached hydrogens (tertiary/aromatic N) is 1. The minimum atomic E-state index is -4.72. The number of halogens is 3. The molecule has 1 aromatic heterocycles. The number of benzene rings is 2. The Morgan fingerprint density at radius 1 is 1.06 bits per heavy atom. The molecule has 1 heterocycles. The number of amides is 2. The summed E-state index contributed by atoms with van der Waals surface area (Å²) in [7, 11) is 1.38. The Kier molecular flexibility index (Phi) is 6.94. The zero-order valence-corrected chi connectivity index (χ0v) is 17.8. The summed E-state index contributed by atoms with van der Waals surface area (Å²) in [6.45, 7) is 0. The Morgan fingerprint density at radius 3 is 2.35 bits per heavy atom. The molecule has 0 spiro atoms. The van der Waals surface area contributed by atoms with Crippen molar-refractivity contribution in [3.8, 4) is 16.9 Å². The SMILES string of the molecule is Cn1ccc(O)c(NC(=O)N[C@@H](CC(=O)O)c2cc(-c3ccccc3)cc(C(F)(F)F)c2)c1=O. The van der Waals surface area contributed by atoms with E-state index in [-0.39, 0.29) is 11.1 Å². The number of urea groups is 1. The van der Waals surface area contributed by atoms with Crippen LogP contribution in [0.1, 0.15) is 23.6 Å². The largest absolute Gasteiger partial charge is 0.505 e. The molecule has 0 unspecified atom stereocenters. The Bertz CT molecular complexity index is 1270. The van der Waals surface area contributed by atoms with Crippen molar-refractivity contribution in [1.82, 2.24) is 9.88 Å². The molecule has 0 aliphatic heterocycles. The van der Waals surface area contributed by atoms with Crippen molar-refractivity contribution in [2.45, 2.75) is 18.6 Å². The van der Waals surface area contributed by atoms with Gasteiger partial charge in [-0.2, -0.15) is 13.2 Å². The summed E-state index contributed by atoms with van der Waals surface area (Å²) in [5, 5.41) is 23.6. The van der Waals surface area contributed by atoms with E-state index in [0.717, 1.165) is 22.8 Å². The predicted octanol–water partition coefficient (Wildman–Crippen LogP) is 4.11. The Hall–Kier alpha value is -4.28. The number of aryl methyl sites for hydroxylation is 1. The third-order valence-corrected chi connectivity index (χ3v) is 4.96. The van der Waals surface area contributed by atoms with Gasteiger partial charge in [0.15, 0.2) is 5.69 Å². The van der Waals surface area contributed by atoms with E-state index in [9.17, 15) is 37.8 Å². The zero-order chi connectivity index (χ0) is 25.0. The van der Waals surface area contributed by atoms with Crippen molar-refractivity contribution in [2.24, 2.45) is 7.05 Å². The fraction of sp³-hybridized carbons (Fsp3) is 0.174. The van der Waals surface area contributed by atoms with Crippen LogP contribution in [0.2, 0.25) is 0 Å². The van der Waals surface area contributed by atoms with Crippen LogP contribution in [0.4, 0.5) is 23.7 Å². The van der Waals surface area contributed by atoms with Crippen LogP contribution in [0, 0.1) is 0 Å². The Morgan fingerprint density at radius 2 is 1.74 bits per heavy atom. The Balaban J connectivity index is 2.00. The first kappa shape index (κ1) is 24.4. The number of aromatic hydroxyl groups is 1. The van der Waals surface area contributed by atoms with E-state index in [2.05, 4.69) is 10.6 Å². The third-order valence-electron chi connectivity index (χ3n) is 4.96. The van der Waals surface area contributed by atoms with Crippen LogP contribution >= 0.6 is 0 Å². The van der Waals surface area contributed by atoms with E-state index in [1.165, 1.54) is 19.3 Å². The van der Waals surface area contributed by atoms with Gasteiger partial charge in [-0.3, -0.25) is 9.59 Å². The highest BCUT2D eigenvalue weighted by atomic mass is 19.4. The highest BCUT2D eigenvalue weighted by Gasteiger charge is 2.32. The lowest BCUT2D eigenvalue weighted by Crippen LogP contribution is -2.36. The lowest BCUT2D eigenvalue weighted by atomic mass is 9.95. The van der Waals surface area contributed by atoms with Gasteiger partial charge in [-0.15, -0.1) is 0 Å². The lowest BCUT2D eigenvalue weighted by molar-refractivity contribution is -0.138. The lowest BCUT2D eigenvalue weighted by Gasteiger charge is -2.21. The molecule has 178 valence electrons. The van der Waals surface area contributed by atoms with Gasteiger partial charge in [0.1, 0.15) is 5.75 Å². The monoisotopic (exact) mass is 475 g/mol. The van der Waals surface area contributed by atoms with Crippen molar-refractivity contribution >= 4 is 17.7 Å². The molecule has 3 rings (SSSR count). The molecule has 0 aliphatic carbocycles. The number of aliphatic carboxylic acids is 1. The molecule has 3 aromatic rings. The second-order valence-electron chi connectivity index (χ2n) is 7.45. The van der Waals surface area contributed by atoms with Gasteiger partial charge in [0.25, 0.3) is 5.56 Å². The van der Waals surface area contributed by atoms with Gasteiger partial charge in [0.05, 0.1) is 18.0 Å². The van der Waals surface area contributed by atoms with Crippen molar-refractivity contribution in [3.05, 3.63) is 82.3 Å². The van der Waals surface area contributed by atoms with Crippen molar-refractivity contribution in [1.29, 1.82) is 0 Å². The molecule has 0 saturated heterocycles. The van der Waals surface area contributed by atoms with Crippen LogP contribution < -0.4 is 16.2 Å². The summed E-state index contributed by atoms with van der Waals surface area (Å²) in [5.74, 6) is -1.90. The molecule has 34 heavy (non-hydrogen) atoms. The standard InChI is InChI=1S/C23H20F3N3O5/c1-29-8-7-18(30)20(21(29)33)28-22(34)27-17(12-19(31)32)15-9-14(13-5-3-2-4-6-13)10-16(11-15)23(24,25)26/h2-11,17,30H,12H2,1H3,(H,31,32)(H2,27,28,34)/t17-/m0/s1. The summed E-state index contributed by atoms with van der Waals surface area (Å²) < 4.78 is 41.8. The number of carbonyl (C=O) groups excluding carboxylic acids is 1. The molecule has 0 fully saturated rings. The average Bonchev–Trinajstić information content (AvgIpc) is 2.78. The maximum atomic E-state index is 13.6. The molecule has 0 aliphatic rings. The van der Waals surface area contributed by atoms with E-state index >= 15 is 0 Å². The number of pyridine rings is 1. The van der Waals surface area contributed by atoms with Gasteiger partial charge in [-0.05, 0) is 41.0 Å². The number of anilines is 1. The molecule has 0 saturated carbocycles. The molecule has 2 amide bonds. The number of carboxylic acids is 1. The van der Waals surface area contributed by atoms with Gasteiger partial charge in [0.2, 0.25) is 0 Å². The molecule has 4 N–H and O–H groups in total. The summed E-state index contributed by atoms with van der Waals surface area (Å²) in [6, 6.07) is 9.93. The number of alkyl halides is 3. The second-order valence-corrected chi connectivity index (χ2v) is 7.45. The minimum Gasteiger partial charge on any atom is -0.505 e. The van der Waals surface area contributed by atoms with Crippen LogP contribution in [0.3, 0.4) is 0 Å². The topological polar surface area (TPSA) is 121 Å². The number of carbonyl (C=O) groups is 2. The molecule has 0 bridgehead atoms. The van der Waals surface area contributed by atoms with Crippen molar-refractivity contribution < 1.29 is 33.0 Å². The van der Waals surface area contributed by atoms with E-state index < -0.39 is 53.2 Å². The predicted molar refractivity (Wildman–Crippen MR) is 117 cm³/mol. The maximum absolute atomic E-state index is 13.6. The third kappa shape index (κ3) is 5.74. The normalized spacial score (nSPS) is 12.1. The van der Waals surface area contributed by atoms with E-state index in [4.69, 9.17) is 0 Å². The fourth-order valence-corrected chi connectivity index (χ4v) is 3.29. The zero-order valence-electron chi connectivity index (χ0n) is 17.8. The van der Waals surface area contributed by atoms with Gasteiger partial charge in [-0.1, -0.05) is 30.3 Å². The second kappa shape index (κ2) is 9.69. The Labute approximate surface area is 191 Å². The van der Waals surface area contributed by atoms with Gasteiger partial charge in [0, 0.05) is 13.2 Å².